The van der Waals surface area contributed by atoms with E-state index in [1.54, 1.807) is 20.8 Å². The summed E-state index contributed by atoms with van der Waals surface area (Å²) in [4.78, 5) is 35.1. The number of Topliss-reactive ketones (excluding diaryl/α,β-unsaturated/α-hetero) is 1. The van der Waals surface area contributed by atoms with Gasteiger partial charge >= 0.3 is 12.1 Å². The van der Waals surface area contributed by atoms with E-state index in [0.29, 0.717) is 0 Å². The first-order valence-electron chi connectivity index (χ1n) is 7.04. The van der Waals surface area contributed by atoms with Gasteiger partial charge in [-0.3, -0.25) is 4.79 Å². The molecule has 0 aliphatic rings. The summed E-state index contributed by atoms with van der Waals surface area (Å²) in [5.41, 5.74) is -0.480. The fourth-order valence-electron chi connectivity index (χ4n) is 1.83. The highest BCUT2D eigenvalue weighted by Gasteiger charge is 2.23. The number of hydrogen-bond donors (Lipinski definition) is 2. The molecule has 0 saturated carbocycles. The Morgan fingerprint density at radius 1 is 1.30 bits per heavy atom. The first-order valence-corrected chi connectivity index (χ1v) is 7.42. The number of benzene rings is 1. The number of carbonyl (C=O) groups excluding carboxylic acids is 2. The van der Waals surface area contributed by atoms with Gasteiger partial charge in [0, 0.05) is 11.4 Å². The summed E-state index contributed by atoms with van der Waals surface area (Å²) in [5.74, 6) is -1.53. The predicted molar refractivity (Wildman–Crippen MR) is 86.0 cm³/mol. The van der Waals surface area contributed by atoms with Crippen molar-refractivity contribution in [3.05, 3.63) is 34.3 Å². The van der Waals surface area contributed by atoms with Crippen molar-refractivity contribution in [2.24, 2.45) is 0 Å². The molecule has 0 bridgehead atoms. The summed E-state index contributed by atoms with van der Waals surface area (Å²) in [5, 5.41) is 11.8. The second kappa shape index (κ2) is 7.46. The molecule has 1 atom stereocenters. The van der Waals surface area contributed by atoms with Crippen LogP contribution in [0.5, 0.6) is 0 Å². The molecule has 0 aliphatic carbocycles. The van der Waals surface area contributed by atoms with Crippen LogP contribution in [0.2, 0.25) is 5.02 Å². The third-order valence-corrected chi connectivity index (χ3v) is 3.27. The van der Waals surface area contributed by atoms with E-state index in [1.165, 1.54) is 25.1 Å². The van der Waals surface area contributed by atoms with E-state index in [1.807, 2.05) is 0 Å². The van der Waals surface area contributed by atoms with Crippen LogP contribution in [-0.4, -0.2) is 34.6 Å². The Balaban J connectivity index is 2.80. The molecule has 0 fully saturated rings. The van der Waals surface area contributed by atoms with E-state index in [4.69, 9.17) is 21.4 Å². The molecular weight excluding hydrogens is 322 g/mol. The number of carboxylic acids is 1. The molecule has 1 rings (SSSR count). The fraction of sp³-hybridized carbons (Fsp3) is 0.438. The highest BCUT2D eigenvalue weighted by Crippen LogP contribution is 2.21. The van der Waals surface area contributed by atoms with Crippen LogP contribution in [-0.2, 0) is 16.0 Å². The maximum absolute atomic E-state index is 12.2. The summed E-state index contributed by atoms with van der Waals surface area (Å²) in [7, 11) is 0. The Morgan fingerprint density at radius 3 is 2.43 bits per heavy atom. The monoisotopic (exact) mass is 341 g/mol. The largest absolute Gasteiger partial charge is 0.478 e. The van der Waals surface area contributed by atoms with Crippen molar-refractivity contribution < 1.29 is 24.2 Å². The number of aromatic carboxylic acids is 1. The summed E-state index contributed by atoms with van der Waals surface area (Å²) in [6.07, 6.45) is -0.908. The van der Waals surface area contributed by atoms with Gasteiger partial charge in [-0.2, -0.15) is 0 Å². The van der Waals surface area contributed by atoms with E-state index in [2.05, 4.69) is 5.32 Å². The van der Waals surface area contributed by atoms with Gasteiger partial charge in [0.1, 0.15) is 5.60 Å². The molecule has 0 saturated heterocycles. The molecule has 0 radical (unpaired) electrons. The molecule has 1 aromatic rings. The molecule has 126 valence electrons. The van der Waals surface area contributed by atoms with Crippen LogP contribution in [0.3, 0.4) is 0 Å². The summed E-state index contributed by atoms with van der Waals surface area (Å²) in [6.45, 7) is 6.63. The third kappa shape index (κ3) is 5.90. The average molecular weight is 342 g/mol. The first kappa shape index (κ1) is 19.0. The Labute approximate surface area is 139 Å². The number of carbonyl (C=O) groups is 3. The molecule has 0 aromatic heterocycles. The molecule has 0 spiro atoms. The number of rotatable bonds is 5. The van der Waals surface area contributed by atoms with Crippen molar-refractivity contribution in [1.82, 2.24) is 5.32 Å². The standard InChI is InChI=1S/C16H20ClNO5/c1-9(18-15(22)23-16(2,3)4)13(19)8-11-10(14(20)21)6-5-7-12(11)17/h5-7,9H,8H2,1-4H3,(H,18,22)(H,20,21)/t9-/m0/s1. The quantitative estimate of drug-likeness (QED) is 0.858. The molecule has 0 aliphatic heterocycles. The van der Waals surface area contributed by atoms with E-state index < -0.39 is 23.7 Å². The number of nitrogens with one attached hydrogen (secondary N) is 1. The van der Waals surface area contributed by atoms with Crippen molar-refractivity contribution in [1.29, 1.82) is 0 Å². The maximum atomic E-state index is 12.2. The van der Waals surface area contributed by atoms with Crippen LogP contribution in [0.4, 0.5) is 4.79 Å². The molecule has 0 heterocycles. The molecule has 6 nitrogen and oxygen atoms in total. The van der Waals surface area contributed by atoms with Gasteiger partial charge in [-0.15, -0.1) is 0 Å². The Bertz CT molecular complexity index is 621. The second-order valence-corrected chi connectivity index (χ2v) is 6.49. The van der Waals surface area contributed by atoms with Gasteiger partial charge in [0.05, 0.1) is 11.6 Å². The highest BCUT2D eigenvalue weighted by molar-refractivity contribution is 6.32. The van der Waals surface area contributed by atoms with E-state index in [9.17, 15) is 14.4 Å². The van der Waals surface area contributed by atoms with Gasteiger partial charge < -0.3 is 15.2 Å². The van der Waals surface area contributed by atoms with Crippen molar-refractivity contribution in [2.45, 2.75) is 45.8 Å². The minimum atomic E-state index is -1.16. The van der Waals surface area contributed by atoms with Crippen molar-refractivity contribution in [2.75, 3.05) is 0 Å². The zero-order valence-corrected chi connectivity index (χ0v) is 14.2. The van der Waals surface area contributed by atoms with E-state index >= 15 is 0 Å². The summed E-state index contributed by atoms with van der Waals surface area (Å²) < 4.78 is 5.07. The van der Waals surface area contributed by atoms with E-state index in [-0.39, 0.29) is 28.4 Å². The number of halogens is 1. The lowest BCUT2D eigenvalue weighted by Crippen LogP contribution is -2.42. The van der Waals surface area contributed by atoms with Gasteiger partial charge in [0.25, 0.3) is 0 Å². The van der Waals surface area contributed by atoms with Crippen molar-refractivity contribution >= 4 is 29.4 Å². The summed E-state index contributed by atoms with van der Waals surface area (Å²) >= 11 is 5.99. The zero-order valence-electron chi connectivity index (χ0n) is 13.5. The van der Waals surface area contributed by atoms with Gasteiger partial charge in [-0.25, -0.2) is 9.59 Å². The van der Waals surface area contributed by atoms with Gasteiger partial charge in [0.15, 0.2) is 5.78 Å². The van der Waals surface area contributed by atoms with Crippen LogP contribution >= 0.6 is 11.6 Å². The minimum Gasteiger partial charge on any atom is -0.478 e. The molecule has 0 unspecified atom stereocenters. The lowest BCUT2D eigenvalue weighted by molar-refractivity contribution is -0.120. The second-order valence-electron chi connectivity index (χ2n) is 6.08. The highest BCUT2D eigenvalue weighted by atomic mass is 35.5. The minimum absolute atomic E-state index is 0.0321. The fourth-order valence-corrected chi connectivity index (χ4v) is 2.07. The van der Waals surface area contributed by atoms with Gasteiger partial charge in [0.2, 0.25) is 0 Å². The molecule has 1 aromatic carbocycles. The topological polar surface area (TPSA) is 92.7 Å². The molecule has 1 amide bonds. The molecule has 7 heteroatoms. The maximum Gasteiger partial charge on any atom is 0.408 e. The average Bonchev–Trinajstić information content (AvgIpc) is 2.38. The Kier molecular flexibility index (Phi) is 6.15. The summed E-state index contributed by atoms with van der Waals surface area (Å²) in [6, 6.07) is 3.57. The number of ketones is 1. The van der Waals surface area contributed by atoms with Gasteiger partial charge in [-0.1, -0.05) is 17.7 Å². The van der Waals surface area contributed by atoms with E-state index in [0.717, 1.165) is 0 Å². The number of amides is 1. The van der Waals surface area contributed by atoms with Crippen molar-refractivity contribution in [3.63, 3.8) is 0 Å². The number of ether oxygens (including phenoxy) is 1. The number of carboxylic acid groups (broad SMARTS) is 1. The van der Waals surface area contributed by atoms with Crippen LogP contribution in [0.25, 0.3) is 0 Å². The SMILES string of the molecule is C[C@H](NC(=O)OC(C)(C)C)C(=O)Cc1c(Cl)cccc1C(=O)O. The van der Waals surface area contributed by atoms with Crippen LogP contribution < -0.4 is 5.32 Å². The molecule has 2 N–H and O–H groups in total. The lowest BCUT2D eigenvalue weighted by Gasteiger charge is -2.21. The number of hydrogen-bond acceptors (Lipinski definition) is 4. The smallest absolute Gasteiger partial charge is 0.408 e. The Morgan fingerprint density at radius 2 is 1.91 bits per heavy atom. The van der Waals surface area contributed by atoms with Crippen molar-refractivity contribution in [3.8, 4) is 0 Å². The predicted octanol–water partition coefficient (Wildman–Crippen LogP) is 3.06. The molecule has 23 heavy (non-hydrogen) atoms. The molecular formula is C16H20ClNO5. The van der Waals surface area contributed by atoms with Crippen LogP contribution in [0, 0.1) is 0 Å². The number of alkyl carbamates (subject to hydrolysis) is 1. The van der Waals surface area contributed by atoms with Crippen LogP contribution in [0.15, 0.2) is 18.2 Å². The lowest BCUT2D eigenvalue weighted by atomic mass is 9.99. The van der Waals surface area contributed by atoms with Crippen LogP contribution in [0.1, 0.15) is 43.6 Å². The third-order valence-electron chi connectivity index (χ3n) is 2.92. The Hall–Kier alpha value is -2.08. The first-order chi connectivity index (χ1) is 10.5. The zero-order chi connectivity index (χ0) is 17.8. The van der Waals surface area contributed by atoms with Gasteiger partial charge in [-0.05, 0) is 45.4 Å². The normalized spacial score (nSPS) is 12.4.